The van der Waals surface area contributed by atoms with Crippen LogP contribution in [0.1, 0.15) is 33.6 Å². The molecule has 1 aliphatic heterocycles. The van der Waals surface area contributed by atoms with E-state index in [4.69, 9.17) is 9.84 Å². The highest BCUT2D eigenvalue weighted by molar-refractivity contribution is 5.68. The zero-order chi connectivity index (χ0) is 12.3. The maximum absolute atomic E-state index is 13.5. The number of aliphatic hydroxyl groups is 1. The van der Waals surface area contributed by atoms with E-state index in [2.05, 4.69) is 0 Å². The molecule has 94 valence electrons. The first kappa shape index (κ1) is 13.2. The number of likely N-dealkylation sites (tertiary alicyclic amines) is 1. The topological polar surface area (TPSA) is 49.8 Å². The van der Waals surface area contributed by atoms with Crippen LogP contribution in [0.2, 0.25) is 0 Å². The van der Waals surface area contributed by atoms with Crippen LogP contribution in [0.5, 0.6) is 0 Å². The van der Waals surface area contributed by atoms with E-state index in [9.17, 15) is 9.18 Å². The van der Waals surface area contributed by atoms with Crippen molar-refractivity contribution in [3.8, 4) is 0 Å². The Bertz CT molecular complexity index is 252. The highest BCUT2D eigenvalue weighted by Gasteiger charge is 2.36. The third kappa shape index (κ3) is 3.33. The minimum atomic E-state index is -1.16. The van der Waals surface area contributed by atoms with Crippen molar-refractivity contribution in [2.24, 2.45) is 0 Å². The molecule has 1 rings (SSSR count). The molecule has 1 heterocycles. The second-order valence-electron chi connectivity index (χ2n) is 5.08. The lowest BCUT2D eigenvalue weighted by Crippen LogP contribution is -2.52. The summed E-state index contributed by atoms with van der Waals surface area (Å²) in [6.45, 7) is 5.36. The van der Waals surface area contributed by atoms with Gasteiger partial charge in [-0.1, -0.05) is 0 Å². The maximum atomic E-state index is 13.5. The number of hydrogen-bond donors (Lipinski definition) is 1. The van der Waals surface area contributed by atoms with Gasteiger partial charge in [-0.2, -0.15) is 0 Å². The van der Waals surface area contributed by atoms with Crippen molar-refractivity contribution in [1.82, 2.24) is 4.90 Å². The van der Waals surface area contributed by atoms with Crippen LogP contribution in [0, 0.1) is 0 Å². The first-order valence-electron chi connectivity index (χ1n) is 5.59. The standard InChI is InChI=1S/C11H20FNO3/c1-11(2,3)16-10(15)13-6-4-5-8(12)9(13)7-14/h8-9,14H,4-7H2,1-3H3/t8-,9-/m0/s1. The van der Waals surface area contributed by atoms with Gasteiger partial charge in [-0.3, -0.25) is 4.90 Å². The third-order valence-corrected chi connectivity index (χ3v) is 2.51. The number of alkyl halides is 1. The van der Waals surface area contributed by atoms with Gasteiger partial charge in [-0.05, 0) is 33.6 Å². The van der Waals surface area contributed by atoms with Crippen LogP contribution in [0.3, 0.4) is 0 Å². The lowest BCUT2D eigenvalue weighted by Gasteiger charge is -2.37. The summed E-state index contributed by atoms with van der Waals surface area (Å²) in [6, 6.07) is -0.761. The molecule has 0 spiro atoms. The Labute approximate surface area is 95.4 Å². The first-order chi connectivity index (χ1) is 7.35. The van der Waals surface area contributed by atoms with Crippen molar-refractivity contribution in [3.05, 3.63) is 0 Å². The number of aliphatic hydroxyl groups excluding tert-OH is 1. The molecule has 1 fully saturated rings. The maximum Gasteiger partial charge on any atom is 0.410 e. The van der Waals surface area contributed by atoms with Gasteiger partial charge in [-0.15, -0.1) is 0 Å². The summed E-state index contributed by atoms with van der Waals surface area (Å²) in [5, 5.41) is 9.09. The lowest BCUT2D eigenvalue weighted by molar-refractivity contribution is -0.0171. The second kappa shape index (κ2) is 4.99. The molecule has 0 bridgehead atoms. The normalized spacial score (nSPS) is 26.7. The number of nitrogens with zero attached hydrogens (tertiary/aromatic N) is 1. The molecule has 2 atom stereocenters. The molecule has 16 heavy (non-hydrogen) atoms. The minimum absolute atomic E-state index is 0.361. The molecule has 1 saturated heterocycles. The Morgan fingerprint density at radius 3 is 2.69 bits per heavy atom. The smallest absolute Gasteiger partial charge is 0.410 e. The number of piperidine rings is 1. The summed E-state index contributed by atoms with van der Waals surface area (Å²) in [7, 11) is 0. The molecule has 0 aromatic heterocycles. The molecule has 0 unspecified atom stereocenters. The first-order valence-corrected chi connectivity index (χ1v) is 5.59. The zero-order valence-corrected chi connectivity index (χ0v) is 10.1. The molecule has 5 heteroatoms. The van der Waals surface area contributed by atoms with E-state index in [-0.39, 0.29) is 6.61 Å². The Balaban J connectivity index is 2.66. The molecule has 1 N–H and O–H groups in total. The van der Waals surface area contributed by atoms with Crippen molar-refractivity contribution >= 4 is 6.09 Å². The van der Waals surface area contributed by atoms with Gasteiger partial charge in [0.2, 0.25) is 0 Å². The Morgan fingerprint density at radius 2 is 2.19 bits per heavy atom. The van der Waals surface area contributed by atoms with Gasteiger partial charge in [-0.25, -0.2) is 9.18 Å². The van der Waals surface area contributed by atoms with Crippen molar-refractivity contribution in [3.63, 3.8) is 0 Å². The number of hydrogen-bond acceptors (Lipinski definition) is 3. The van der Waals surface area contributed by atoms with Crippen LogP contribution in [0.4, 0.5) is 9.18 Å². The van der Waals surface area contributed by atoms with Gasteiger partial charge in [0.05, 0.1) is 12.6 Å². The Hall–Kier alpha value is -0.840. The van der Waals surface area contributed by atoms with Crippen LogP contribution in [0.25, 0.3) is 0 Å². The van der Waals surface area contributed by atoms with E-state index in [1.807, 2.05) is 0 Å². The predicted octanol–water partition coefficient (Wildman–Crippen LogP) is 1.72. The van der Waals surface area contributed by atoms with Gasteiger partial charge in [0, 0.05) is 6.54 Å². The molecular weight excluding hydrogens is 213 g/mol. The second-order valence-corrected chi connectivity index (χ2v) is 5.08. The summed E-state index contributed by atoms with van der Waals surface area (Å²) in [6.07, 6.45) is -0.707. The number of ether oxygens (including phenoxy) is 1. The molecule has 0 aromatic carbocycles. The van der Waals surface area contributed by atoms with Gasteiger partial charge in [0.1, 0.15) is 11.8 Å². The average Bonchev–Trinajstić information content (AvgIpc) is 2.14. The fourth-order valence-electron chi connectivity index (χ4n) is 1.77. The largest absolute Gasteiger partial charge is 0.444 e. The molecular formula is C11H20FNO3. The van der Waals surface area contributed by atoms with Crippen LogP contribution in [-0.2, 0) is 4.74 Å². The zero-order valence-electron chi connectivity index (χ0n) is 10.1. The fraction of sp³-hybridized carbons (Fsp3) is 0.909. The van der Waals surface area contributed by atoms with Gasteiger partial charge >= 0.3 is 6.09 Å². The molecule has 0 aromatic rings. The summed E-state index contributed by atoms with van der Waals surface area (Å²) >= 11 is 0. The molecule has 0 aliphatic carbocycles. The predicted molar refractivity (Wildman–Crippen MR) is 57.9 cm³/mol. The quantitative estimate of drug-likeness (QED) is 0.750. The highest BCUT2D eigenvalue weighted by Crippen LogP contribution is 2.22. The third-order valence-electron chi connectivity index (χ3n) is 2.51. The number of rotatable bonds is 1. The number of amides is 1. The van der Waals surface area contributed by atoms with E-state index in [0.29, 0.717) is 19.4 Å². The van der Waals surface area contributed by atoms with Gasteiger partial charge in [0.25, 0.3) is 0 Å². The van der Waals surface area contributed by atoms with Gasteiger partial charge in [0.15, 0.2) is 0 Å². The van der Waals surface area contributed by atoms with E-state index in [1.54, 1.807) is 20.8 Å². The monoisotopic (exact) mass is 233 g/mol. The van der Waals surface area contributed by atoms with Crippen molar-refractivity contribution in [2.75, 3.05) is 13.2 Å². The Kier molecular flexibility index (Phi) is 4.13. The average molecular weight is 233 g/mol. The van der Waals surface area contributed by atoms with Gasteiger partial charge < -0.3 is 9.84 Å². The van der Waals surface area contributed by atoms with Crippen LogP contribution >= 0.6 is 0 Å². The SMILES string of the molecule is CC(C)(C)OC(=O)N1CCC[C@H](F)[C@@H]1CO. The van der Waals surface area contributed by atoms with E-state index in [1.165, 1.54) is 4.90 Å². The number of carbonyl (C=O) groups is 1. The van der Waals surface area contributed by atoms with Crippen LogP contribution < -0.4 is 0 Å². The van der Waals surface area contributed by atoms with Crippen LogP contribution in [0.15, 0.2) is 0 Å². The molecule has 4 nitrogen and oxygen atoms in total. The van der Waals surface area contributed by atoms with Crippen molar-refractivity contribution in [2.45, 2.75) is 51.4 Å². The van der Waals surface area contributed by atoms with E-state index < -0.39 is 23.9 Å². The summed E-state index contributed by atoms with van der Waals surface area (Å²) in [4.78, 5) is 13.0. The van der Waals surface area contributed by atoms with E-state index in [0.717, 1.165) is 0 Å². The molecule has 1 amide bonds. The summed E-state index contributed by atoms with van der Waals surface area (Å²) in [5.74, 6) is 0. The molecule has 0 radical (unpaired) electrons. The number of halogens is 1. The fourth-order valence-corrected chi connectivity index (χ4v) is 1.77. The van der Waals surface area contributed by atoms with Crippen LogP contribution in [-0.4, -0.2) is 47.1 Å². The summed E-state index contributed by atoms with van der Waals surface area (Å²) < 4.78 is 18.6. The summed E-state index contributed by atoms with van der Waals surface area (Å²) in [5.41, 5.74) is -0.597. The molecule has 1 aliphatic rings. The lowest BCUT2D eigenvalue weighted by atomic mass is 10.0. The molecule has 0 saturated carbocycles. The minimum Gasteiger partial charge on any atom is -0.444 e. The number of carbonyl (C=O) groups excluding carboxylic acids is 1. The van der Waals surface area contributed by atoms with Crippen molar-refractivity contribution in [1.29, 1.82) is 0 Å². The Morgan fingerprint density at radius 1 is 1.56 bits per heavy atom. The highest BCUT2D eigenvalue weighted by atomic mass is 19.1. The van der Waals surface area contributed by atoms with Crippen molar-refractivity contribution < 1.29 is 19.0 Å². The van der Waals surface area contributed by atoms with E-state index >= 15 is 0 Å².